The maximum absolute atomic E-state index is 6.18. The minimum absolute atomic E-state index is 0.0175. The molecule has 1 atom stereocenters. The monoisotopic (exact) mass is 438 g/mol. The number of rotatable bonds is 8. The van der Waals surface area contributed by atoms with E-state index in [1.54, 1.807) is 6.33 Å². The van der Waals surface area contributed by atoms with E-state index in [-0.39, 0.29) is 6.10 Å². The molecule has 0 bridgehead atoms. The van der Waals surface area contributed by atoms with Crippen molar-refractivity contribution in [1.29, 1.82) is 0 Å². The van der Waals surface area contributed by atoms with Crippen LogP contribution in [0.25, 0.3) is 21.8 Å². The van der Waals surface area contributed by atoms with Gasteiger partial charge in [0.25, 0.3) is 0 Å². The van der Waals surface area contributed by atoms with Gasteiger partial charge in [-0.2, -0.15) is 0 Å². The summed E-state index contributed by atoms with van der Waals surface area (Å²) in [4.78, 5) is 13.4. The number of hydrogen-bond acceptors (Lipinski definition) is 6. The van der Waals surface area contributed by atoms with Gasteiger partial charge in [0, 0.05) is 35.5 Å². The van der Waals surface area contributed by atoms with Crippen LogP contribution in [-0.4, -0.2) is 39.2 Å². The van der Waals surface area contributed by atoms with Gasteiger partial charge in [0.2, 0.25) is 0 Å². The predicted octanol–water partition coefficient (Wildman–Crippen LogP) is 4.76. The van der Waals surface area contributed by atoms with E-state index >= 15 is 0 Å². The molecule has 0 saturated heterocycles. The summed E-state index contributed by atoms with van der Waals surface area (Å²) >= 11 is 0. The van der Waals surface area contributed by atoms with Crippen LogP contribution in [0.5, 0.6) is 5.75 Å². The van der Waals surface area contributed by atoms with Gasteiger partial charge in [0.1, 0.15) is 24.0 Å². The number of fused-ring (bicyclic) bond motifs is 2. The molecule has 0 fully saturated rings. The highest BCUT2D eigenvalue weighted by molar-refractivity contribution is 5.96. The number of nitrogens with zero attached hydrogens (tertiary/aromatic N) is 4. The highest BCUT2D eigenvalue weighted by Gasteiger charge is 2.13. The first kappa shape index (κ1) is 20.9. The molecule has 3 aromatic heterocycles. The van der Waals surface area contributed by atoms with E-state index < -0.39 is 0 Å². The van der Waals surface area contributed by atoms with Gasteiger partial charge in [-0.25, -0.2) is 9.97 Å². The quantitative estimate of drug-likeness (QED) is 0.364. The molecule has 5 aromatic rings. The van der Waals surface area contributed by atoms with Crippen LogP contribution < -0.4 is 15.4 Å². The van der Waals surface area contributed by atoms with E-state index in [1.807, 2.05) is 56.6 Å². The molecule has 0 radical (unpaired) electrons. The lowest BCUT2D eigenvalue weighted by atomic mass is 10.2. The first-order chi connectivity index (χ1) is 16.2. The molecule has 5 rings (SSSR count). The standard InChI is InChI=1S/C26H26N6O/c1-18(15-27-2)33-24-8-5-7-22-25(24)26(30-17-29-22)31-20-9-10-23-19(14-20)11-13-32(23)16-21-6-3-4-12-28-21/h3-14,17-18,27H,15-16H2,1-2H3,(H,29,30,31)/t18-/m1/s1. The zero-order chi connectivity index (χ0) is 22.6. The number of anilines is 2. The Bertz CT molecular complexity index is 1380. The van der Waals surface area contributed by atoms with Crippen molar-refractivity contribution in [2.75, 3.05) is 18.9 Å². The molecule has 2 aromatic carbocycles. The third-order valence-electron chi connectivity index (χ3n) is 5.54. The fraction of sp³-hybridized carbons (Fsp3) is 0.192. The number of ether oxygens (including phenoxy) is 1. The van der Waals surface area contributed by atoms with Crippen LogP contribution in [-0.2, 0) is 6.54 Å². The molecular weight excluding hydrogens is 412 g/mol. The Morgan fingerprint density at radius 1 is 1.00 bits per heavy atom. The van der Waals surface area contributed by atoms with Crippen molar-refractivity contribution in [2.24, 2.45) is 0 Å². The number of nitrogens with one attached hydrogen (secondary N) is 2. The van der Waals surface area contributed by atoms with E-state index in [0.29, 0.717) is 0 Å². The van der Waals surface area contributed by atoms with E-state index in [9.17, 15) is 0 Å². The second-order valence-electron chi connectivity index (χ2n) is 8.02. The summed E-state index contributed by atoms with van der Waals surface area (Å²) in [7, 11) is 1.92. The second kappa shape index (κ2) is 9.26. The van der Waals surface area contributed by atoms with Crippen molar-refractivity contribution < 1.29 is 4.74 Å². The van der Waals surface area contributed by atoms with Crippen LogP contribution in [0.2, 0.25) is 0 Å². The fourth-order valence-corrected chi connectivity index (χ4v) is 4.04. The van der Waals surface area contributed by atoms with Gasteiger partial charge in [0.05, 0.1) is 23.1 Å². The molecule has 3 heterocycles. The molecule has 0 aliphatic heterocycles. The lowest BCUT2D eigenvalue weighted by Crippen LogP contribution is -2.26. The Morgan fingerprint density at radius 2 is 1.94 bits per heavy atom. The van der Waals surface area contributed by atoms with Crippen LogP contribution >= 0.6 is 0 Å². The maximum Gasteiger partial charge on any atom is 0.145 e. The molecule has 7 nitrogen and oxygen atoms in total. The SMILES string of the molecule is CNC[C@@H](C)Oc1cccc2ncnc(Nc3ccc4c(ccn4Cc4ccccn4)c3)c12. The van der Waals surface area contributed by atoms with Crippen LogP contribution in [0.3, 0.4) is 0 Å². The molecule has 0 spiro atoms. The fourth-order valence-electron chi connectivity index (χ4n) is 4.04. The third-order valence-corrected chi connectivity index (χ3v) is 5.54. The van der Waals surface area contributed by atoms with Crippen LogP contribution in [0.1, 0.15) is 12.6 Å². The van der Waals surface area contributed by atoms with Crippen molar-refractivity contribution in [2.45, 2.75) is 19.6 Å². The van der Waals surface area contributed by atoms with Crippen LogP contribution in [0, 0.1) is 0 Å². The van der Waals surface area contributed by atoms with Crippen molar-refractivity contribution >= 4 is 33.3 Å². The smallest absolute Gasteiger partial charge is 0.145 e. The largest absolute Gasteiger partial charge is 0.489 e. The van der Waals surface area contributed by atoms with Crippen molar-refractivity contribution in [3.05, 3.63) is 85.1 Å². The Morgan fingerprint density at radius 3 is 2.79 bits per heavy atom. The van der Waals surface area contributed by atoms with E-state index in [2.05, 4.69) is 60.6 Å². The molecule has 0 unspecified atom stereocenters. The summed E-state index contributed by atoms with van der Waals surface area (Å²) < 4.78 is 8.39. The minimum Gasteiger partial charge on any atom is -0.489 e. The van der Waals surface area contributed by atoms with E-state index in [0.717, 1.165) is 57.8 Å². The van der Waals surface area contributed by atoms with Crippen LogP contribution in [0.4, 0.5) is 11.5 Å². The predicted molar refractivity (Wildman–Crippen MR) is 132 cm³/mol. The van der Waals surface area contributed by atoms with Gasteiger partial charge >= 0.3 is 0 Å². The minimum atomic E-state index is 0.0175. The molecule has 2 N–H and O–H groups in total. The number of hydrogen-bond donors (Lipinski definition) is 2. The molecule has 33 heavy (non-hydrogen) atoms. The van der Waals surface area contributed by atoms with Crippen LogP contribution in [0.15, 0.2) is 79.4 Å². The lowest BCUT2D eigenvalue weighted by molar-refractivity contribution is 0.223. The Hall–Kier alpha value is -3.97. The first-order valence-electron chi connectivity index (χ1n) is 11.0. The topological polar surface area (TPSA) is 76.9 Å². The van der Waals surface area contributed by atoms with Gasteiger partial charge in [-0.3, -0.25) is 4.98 Å². The van der Waals surface area contributed by atoms with Gasteiger partial charge in [-0.1, -0.05) is 12.1 Å². The van der Waals surface area contributed by atoms with Gasteiger partial charge in [0.15, 0.2) is 0 Å². The number of benzene rings is 2. The van der Waals surface area contributed by atoms with Gasteiger partial charge in [-0.15, -0.1) is 0 Å². The zero-order valence-corrected chi connectivity index (χ0v) is 18.7. The molecule has 0 aliphatic rings. The van der Waals surface area contributed by atoms with Crippen molar-refractivity contribution in [1.82, 2.24) is 24.8 Å². The molecule has 0 aliphatic carbocycles. The Labute approximate surface area is 192 Å². The summed E-state index contributed by atoms with van der Waals surface area (Å²) in [5.74, 6) is 1.49. The van der Waals surface area contributed by atoms with Gasteiger partial charge in [-0.05, 0) is 62.5 Å². The molecular formula is C26H26N6O. The molecule has 0 saturated carbocycles. The number of likely N-dealkylation sites (N-methyl/N-ethyl adjacent to an activating group) is 1. The molecule has 7 heteroatoms. The number of pyridine rings is 1. The molecule has 0 amide bonds. The summed E-state index contributed by atoms with van der Waals surface area (Å²) in [5.41, 5.74) is 3.98. The van der Waals surface area contributed by atoms with E-state index in [1.165, 1.54) is 0 Å². The average Bonchev–Trinajstić information content (AvgIpc) is 3.22. The Kier molecular flexibility index (Phi) is 5.87. The van der Waals surface area contributed by atoms with E-state index in [4.69, 9.17) is 4.74 Å². The van der Waals surface area contributed by atoms with Crippen molar-refractivity contribution in [3.8, 4) is 5.75 Å². The highest BCUT2D eigenvalue weighted by Crippen LogP contribution is 2.33. The first-order valence-corrected chi connectivity index (χ1v) is 11.0. The summed E-state index contributed by atoms with van der Waals surface area (Å²) in [6, 6.07) is 20.3. The normalized spacial score (nSPS) is 12.2. The second-order valence-corrected chi connectivity index (χ2v) is 8.02. The Balaban J connectivity index is 1.45. The highest BCUT2D eigenvalue weighted by atomic mass is 16.5. The average molecular weight is 439 g/mol. The van der Waals surface area contributed by atoms with Gasteiger partial charge < -0.3 is 19.9 Å². The zero-order valence-electron chi connectivity index (χ0n) is 18.7. The van der Waals surface area contributed by atoms with Crippen molar-refractivity contribution in [3.63, 3.8) is 0 Å². The lowest BCUT2D eigenvalue weighted by Gasteiger charge is -2.17. The molecule has 166 valence electrons. The summed E-state index contributed by atoms with van der Waals surface area (Å²) in [5, 5.41) is 8.64. The summed E-state index contributed by atoms with van der Waals surface area (Å²) in [6.45, 7) is 3.52. The summed E-state index contributed by atoms with van der Waals surface area (Å²) in [6.07, 6.45) is 5.52. The number of aromatic nitrogens is 4. The maximum atomic E-state index is 6.18. The third kappa shape index (κ3) is 4.49.